The van der Waals surface area contributed by atoms with Gasteiger partial charge in [-0.05, 0) is 25.1 Å². The summed E-state index contributed by atoms with van der Waals surface area (Å²) in [7, 11) is 1.84. The molecule has 0 atom stereocenters. The minimum absolute atomic E-state index is 0.0970. The minimum Gasteiger partial charge on any atom is -0.340 e. The molecule has 1 aromatic carbocycles. The number of carbonyl (C=O) groups excluding carboxylic acids is 1. The van der Waals surface area contributed by atoms with Gasteiger partial charge < -0.3 is 15.2 Å². The Morgan fingerprint density at radius 3 is 2.68 bits per heavy atom. The predicted octanol–water partition coefficient (Wildman–Crippen LogP) is 1.42. The van der Waals surface area contributed by atoms with E-state index < -0.39 is 0 Å². The number of carbonyl (C=O) groups is 1. The summed E-state index contributed by atoms with van der Waals surface area (Å²) in [5.74, 6) is -0.0970. The van der Waals surface area contributed by atoms with Gasteiger partial charge in [-0.2, -0.15) is 0 Å². The van der Waals surface area contributed by atoms with Crippen LogP contribution in [0.3, 0.4) is 0 Å². The van der Waals surface area contributed by atoms with E-state index in [4.69, 9.17) is 5.73 Å². The Balaban J connectivity index is 2.25. The van der Waals surface area contributed by atoms with E-state index in [-0.39, 0.29) is 5.91 Å². The Bertz CT molecular complexity index is 535. The van der Waals surface area contributed by atoms with Gasteiger partial charge in [-0.25, -0.2) is 4.98 Å². The summed E-state index contributed by atoms with van der Waals surface area (Å²) >= 11 is 0. The lowest BCUT2D eigenvalue weighted by atomic mass is 10.2. The van der Waals surface area contributed by atoms with Crippen LogP contribution in [0, 0.1) is 0 Å². The molecule has 0 aliphatic carbocycles. The molecule has 2 aromatic rings. The highest BCUT2D eigenvalue weighted by molar-refractivity contribution is 6.04. The van der Waals surface area contributed by atoms with Gasteiger partial charge in [0.15, 0.2) is 0 Å². The van der Waals surface area contributed by atoms with Gasteiger partial charge in [0, 0.05) is 25.5 Å². The van der Waals surface area contributed by atoms with Gasteiger partial charge in [-0.3, -0.25) is 4.79 Å². The second-order valence-corrected chi connectivity index (χ2v) is 4.36. The van der Waals surface area contributed by atoms with E-state index in [9.17, 15) is 4.79 Å². The first-order valence-corrected chi connectivity index (χ1v) is 6.27. The third-order valence-electron chi connectivity index (χ3n) is 2.82. The summed E-state index contributed by atoms with van der Waals surface area (Å²) in [4.78, 5) is 18.3. The molecule has 1 heterocycles. The molecule has 0 aliphatic heterocycles. The summed E-state index contributed by atoms with van der Waals surface area (Å²) in [6.07, 6.45) is 4.10. The van der Waals surface area contributed by atoms with E-state index in [1.807, 2.05) is 37.4 Å². The number of aryl methyl sites for hydroxylation is 1. The zero-order valence-corrected chi connectivity index (χ0v) is 11.0. The zero-order chi connectivity index (χ0) is 13.7. The quantitative estimate of drug-likeness (QED) is 0.882. The van der Waals surface area contributed by atoms with Crippen LogP contribution in [-0.4, -0.2) is 28.5 Å². The van der Waals surface area contributed by atoms with Crippen LogP contribution < -0.4 is 10.6 Å². The molecule has 5 heteroatoms. The number of hydrogen-bond donors (Lipinski definition) is 1. The van der Waals surface area contributed by atoms with Crippen molar-refractivity contribution < 1.29 is 4.79 Å². The normalized spacial score (nSPS) is 10.4. The molecular formula is C14H18N4O. The SMILES string of the molecule is Cn1cnc(C(=O)N(CCCN)c2ccccc2)c1. The van der Waals surface area contributed by atoms with Crippen LogP contribution in [0.15, 0.2) is 42.9 Å². The number of imidazole rings is 1. The maximum atomic E-state index is 12.5. The number of para-hydroxylation sites is 1. The van der Waals surface area contributed by atoms with Crippen molar-refractivity contribution in [1.82, 2.24) is 9.55 Å². The van der Waals surface area contributed by atoms with Crippen molar-refractivity contribution in [2.24, 2.45) is 12.8 Å². The molecule has 0 bridgehead atoms. The number of anilines is 1. The first-order chi connectivity index (χ1) is 9.22. The number of aromatic nitrogens is 2. The molecule has 0 spiro atoms. The van der Waals surface area contributed by atoms with Crippen LogP contribution in [-0.2, 0) is 7.05 Å². The number of benzene rings is 1. The highest BCUT2D eigenvalue weighted by atomic mass is 16.2. The van der Waals surface area contributed by atoms with Crippen LogP contribution in [0.5, 0.6) is 0 Å². The summed E-state index contributed by atoms with van der Waals surface area (Å²) in [6.45, 7) is 1.15. The topological polar surface area (TPSA) is 64.2 Å². The fourth-order valence-corrected chi connectivity index (χ4v) is 1.87. The molecule has 2 N–H and O–H groups in total. The number of nitrogens with two attached hydrogens (primary N) is 1. The summed E-state index contributed by atoms with van der Waals surface area (Å²) in [5.41, 5.74) is 6.85. The largest absolute Gasteiger partial charge is 0.340 e. The van der Waals surface area contributed by atoms with E-state index in [0.29, 0.717) is 18.8 Å². The lowest BCUT2D eigenvalue weighted by Crippen LogP contribution is -2.33. The second kappa shape index (κ2) is 6.15. The van der Waals surface area contributed by atoms with E-state index in [1.165, 1.54) is 0 Å². The van der Waals surface area contributed by atoms with Crippen molar-refractivity contribution in [3.05, 3.63) is 48.5 Å². The van der Waals surface area contributed by atoms with E-state index >= 15 is 0 Å². The molecule has 1 amide bonds. The van der Waals surface area contributed by atoms with Crippen LogP contribution in [0.1, 0.15) is 16.9 Å². The maximum Gasteiger partial charge on any atom is 0.278 e. The van der Waals surface area contributed by atoms with Crippen molar-refractivity contribution in [3.8, 4) is 0 Å². The molecule has 1 aromatic heterocycles. The van der Waals surface area contributed by atoms with Crippen LogP contribution >= 0.6 is 0 Å². The maximum absolute atomic E-state index is 12.5. The second-order valence-electron chi connectivity index (χ2n) is 4.36. The van der Waals surface area contributed by atoms with E-state index in [1.54, 1.807) is 22.0 Å². The number of nitrogens with zero attached hydrogens (tertiary/aromatic N) is 3. The van der Waals surface area contributed by atoms with Crippen LogP contribution in [0.4, 0.5) is 5.69 Å². The Labute approximate surface area is 112 Å². The fraction of sp³-hybridized carbons (Fsp3) is 0.286. The predicted molar refractivity (Wildman–Crippen MR) is 75.0 cm³/mol. The number of hydrogen-bond acceptors (Lipinski definition) is 3. The Kier molecular flexibility index (Phi) is 4.30. The standard InChI is InChI=1S/C14H18N4O/c1-17-10-13(16-11-17)14(19)18(9-5-8-15)12-6-3-2-4-7-12/h2-4,6-7,10-11H,5,8-9,15H2,1H3. The molecule has 0 saturated heterocycles. The molecule has 19 heavy (non-hydrogen) atoms. The smallest absolute Gasteiger partial charge is 0.278 e. The minimum atomic E-state index is -0.0970. The summed E-state index contributed by atoms with van der Waals surface area (Å²) < 4.78 is 1.76. The molecule has 0 unspecified atom stereocenters. The van der Waals surface area contributed by atoms with Crippen molar-refractivity contribution in [1.29, 1.82) is 0 Å². The molecule has 0 radical (unpaired) electrons. The van der Waals surface area contributed by atoms with Crippen molar-refractivity contribution >= 4 is 11.6 Å². The van der Waals surface area contributed by atoms with Gasteiger partial charge in [0.2, 0.25) is 0 Å². The zero-order valence-electron chi connectivity index (χ0n) is 11.0. The van der Waals surface area contributed by atoms with Crippen molar-refractivity contribution in [2.75, 3.05) is 18.0 Å². The van der Waals surface area contributed by atoms with E-state index in [2.05, 4.69) is 4.98 Å². The van der Waals surface area contributed by atoms with Crippen LogP contribution in [0.25, 0.3) is 0 Å². The summed E-state index contributed by atoms with van der Waals surface area (Å²) in [6, 6.07) is 9.58. The van der Waals surface area contributed by atoms with E-state index in [0.717, 1.165) is 12.1 Å². The van der Waals surface area contributed by atoms with Crippen molar-refractivity contribution in [2.45, 2.75) is 6.42 Å². The molecule has 2 rings (SSSR count). The van der Waals surface area contributed by atoms with Gasteiger partial charge in [-0.15, -0.1) is 0 Å². The molecule has 0 aliphatic rings. The Morgan fingerprint density at radius 1 is 1.37 bits per heavy atom. The van der Waals surface area contributed by atoms with Gasteiger partial charge in [0.05, 0.1) is 6.33 Å². The third-order valence-corrected chi connectivity index (χ3v) is 2.82. The number of amides is 1. The molecule has 0 saturated carbocycles. The van der Waals surface area contributed by atoms with Gasteiger partial charge in [0.25, 0.3) is 5.91 Å². The lowest BCUT2D eigenvalue weighted by molar-refractivity contribution is 0.0982. The molecular weight excluding hydrogens is 240 g/mol. The lowest BCUT2D eigenvalue weighted by Gasteiger charge is -2.21. The van der Waals surface area contributed by atoms with Crippen LogP contribution in [0.2, 0.25) is 0 Å². The van der Waals surface area contributed by atoms with Gasteiger partial charge in [-0.1, -0.05) is 18.2 Å². The average molecular weight is 258 g/mol. The number of rotatable bonds is 5. The van der Waals surface area contributed by atoms with Gasteiger partial charge >= 0.3 is 0 Å². The first kappa shape index (κ1) is 13.3. The van der Waals surface area contributed by atoms with Gasteiger partial charge in [0.1, 0.15) is 5.69 Å². The molecule has 5 nitrogen and oxygen atoms in total. The molecule has 100 valence electrons. The summed E-state index contributed by atoms with van der Waals surface area (Å²) in [5, 5.41) is 0. The fourth-order valence-electron chi connectivity index (χ4n) is 1.87. The Hall–Kier alpha value is -2.14. The van der Waals surface area contributed by atoms with Crippen molar-refractivity contribution in [3.63, 3.8) is 0 Å². The monoisotopic (exact) mass is 258 g/mol. The molecule has 0 fully saturated rings. The third kappa shape index (κ3) is 3.20. The first-order valence-electron chi connectivity index (χ1n) is 6.27. The highest BCUT2D eigenvalue weighted by Gasteiger charge is 2.18. The highest BCUT2D eigenvalue weighted by Crippen LogP contribution is 2.16. The Morgan fingerprint density at radius 2 is 2.11 bits per heavy atom. The average Bonchev–Trinajstić information content (AvgIpc) is 2.87.